The molecule has 94 valence electrons. The lowest BCUT2D eigenvalue weighted by molar-refractivity contribution is 0.0919. The van der Waals surface area contributed by atoms with Crippen molar-refractivity contribution in [2.45, 2.75) is 32.4 Å². The first-order chi connectivity index (χ1) is 7.91. The molecule has 0 saturated carbocycles. The maximum Gasteiger partial charge on any atom is 0.255 e. The molecule has 0 fully saturated rings. The minimum absolute atomic E-state index is 0.0162. The van der Waals surface area contributed by atoms with Gasteiger partial charge in [-0.2, -0.15) is 0 Å². The molecule has 5 heteroatoms. The molecule has 0 aromatic heterocycles. The fourth-order valence-electron chi connectivity index (χ4n) is 1.59. The smallest absolute Gasteiger partial charge is 0.255 e. The summed E-state index contributed by atoms with van der Waals surface area (Å²) in [4.78, 5) is 11.7. The van der Waals surface area contributed by atoms with E-state index in [1.54, 1.807) is 13.8 Å². The van der Waals surface area contributed by atoms with Crippen molar-refractivity contribution in [3.8, 4) is 11.5 Å². The van der Waals surface area contributed by atoms with Crippen molar-refractivity contribution in [2.75, 3.05) is 0 Å². The number of amides is 1. The molecule has 0 bridgehead atoms. The highest BCUT2D eigenvalue weighted by Gasteiger charge is 2.16. The lowest BCUT2D eigenvalue weighted by atomic mass is 10.1. The van der Waals surface area contributed by atoms with Crippen molar-refractivity contribution >= 4 is 5.91 Å². The van der Waals surface area contributed by atoms with E-state index in [1.165, 1.54) is 18.2 Å². The van der Waals surface area contributed by atoms with Crippen molar-refractivity contribution in [2.24, 2.45) is 0 Å². The fraction of sp³-hybridized carbons (Fsp3) is 0.417. The lowest BCUT2D eigenvalue weighted by Gasteiger charge is -2.15. The van der Waals surface area contributed by atoms with Crippen LogP contribution in [0, 0.1) is 0 Å². The Labute approximate surface area is 99.7 Å². The fourth-order valence-corrected chi connectivity index (χ4v) is 1.59. The molecule has 0 radical (unpaired) electrons. The standard InChI is InChI=1S/C12H17NO4/c1-7(6-8(2)14)13-12(17)9-4-3-5-10(15)11(9)16/h3-5,7-8,14-16H,6H2,1-2H3,(H,13,17). The van der Waals surface area contributed by atoms with Crippen LogP contribution in [0.5, 0.6) is 11.5 Å². The highest BCUT2D eigenvalue weighted by molar-refractivity contribution is 5.97. The summed E-state index contributed by atoms with van der Waals surface area (Å²) in [5.41, 5.74) is 0.0162. The summed E-state index contributed by atoms with van der Waals surface area (Å²) in [6, 6.07) is 3.97. The predicted octanol–water partition coefficient (Wildman–Crippen LogP) is 0.987. The van der Waals surface area contributed by atoms with Crippen LogP contribution in [-0.4, -0.2) is 33.4 Å². The number of aromatic hydroxyl groups is 2. The van der Waals surface area contributed by atoms with Crippen molar-refractivity contribution in [1.29, 1.82) is 0 Å². The molecule has 1 amide bonds. The third-order valence-electron chi connectivity index (χ3n) is 2.33. The van der Waals surface area contributed by atoms with Gasteiger partial charge in [-0.3, -0.25) is 4.79 Å². The van der Waals surface area contributed by atoms with Gasteiger partial charge in [-0.1, -0.05) is 6.07 Å². The van der Waals surface area contributed by atoms with E-state index in [1.807, 2.05) is 0 Å². The van der Waals surface area contributed by atoms with E-state index in [-0.39, 0.29) is 17.4 Å². The second-order valence-electron chi connectivity index (χ2n) is 4.13. The third kappa shape index (κ3) is 3.64. The average Bonchev–Trinajstić information content (AvgIpc) is 2.20. The molecule has 0 aliphatic rings. The molecule has 2 atom stereocenters. The van der Waals surface area contributed by atoms with E-state index in [4.69, 9.17) is 5.11 Å². The second-order valence-corrected chi connectivity index (χ2v) is 4.13. The van der Waals surface area contributed by atoms with Gasteiger partial charge in [-0.25, -0.2) is 0 Å². The molecule has 2 unspecified atom stereocenters. The number of phenolic OH excluding ortho intramolecular Hbond substituents is 2. The van der Waals surface area contributed by atoms with Gasteiger partial charge >= 0.3 is 0 Å². The van der Waals surface area contributed by atoms with Gasteiger partial charge in [0, 0.05) is 6.04 Å². The minimum atomic E-state index is -0.511. The molecule has 1 aromatic carbocycles. The van der Waals surface area contributed by atoms with Gasteiger partial charge in [-0.05, 0) is 32.4 Å². The average molecular weight is 239 g/mol. The van der Waals surface area contributed by atoms with Crippen LogP contribution in [0.4, 0.5) is 0 Å². The van der Waals surface area contributed by atoms with Crippen LogP contribution < -0.4 is 5.32 Å². The van der Waals surface area contributed by atoms with E-state index in [0.717, 1.165) is 0 Å². The number of hydrogen-bond donors (Lipinski definition) is 4. The first-order valence-electron chi connectivity index (χ1n) is 5.41. The summed E-state index contributed by atoms with van der Waals surface area (Å²) < 4.78 is 0. The van der Waals surface area contributed by atoms with E-state index in [2.05, 4.69) is 5.32 Å². The number of aliphatic hydroxyl groups is 1. The van der Waals surface area contributed by atoms with Crippen molar-refractivity contribution < 1.29 is 20.1 Å². The number of carbonyl (C=O) groups is 1. The summed E-state index contributed by atoms with van der Waals surface area (Å²) in [5.74, 6) is -1.25. The number of para-hydroxylation sites is 1. The van der Waals surface area contributed by atoms with E-state index >= 15 is 0 Å². The number of hydrogen-bond acceptors (Lipinski definition) is 4. The van der Waals surface area contributed by atoms with E-state index < -0.39 is 17.8 Å². The molecule has 1 aromatic rings. The molecule has 5 nitrogen and oxygen atoms in total. The SMILES string of the molecule is CC(O)CC(C)NC(=O)c1cccc(O)c1O. The van der Waals surface area contributed by atoms with Gasteiger partial charge in [0.2, 0.25) is 0 Å². The monoisotopic (exact) mass is 239 g/mol. The molecule has 0 saturated heterocycles. The Morgan fingerprint density at radius 2 is 2.00 bits per heavy atom. The quantitative estimate of drug-likeness (QED) is 0.590. The Balaban J connectivity index is 2.73. The molecule has 4 N–H and O–H groups in total. The number of carbonyl (C=O) groups excluding carboxylic acids is 1. The Morgan fingerprint density at radius 1 is 1.35 bits per heavy atom. The molecule has 0 heterocycles. The summed E-state index contributed by atoms with van der Waals surface area (Å²) >= 11 is 0. The van der Waals surface area contributed by atoms with E-state index in [9.17, 15) is 15.0 Å². The zero-order chi connectivity index (χ0) is 13.0. The zero-order valence-electron chi connectivity index (χ0n) is 9.84. The molecule has 0 spiro atoms. The van der Waals surface area contributed by atoms with Crippen LogP contribution in [-0.2, 0) is 0 Å². The summed E-state index contributed by atoms with van der Waals surface area (Å²) in [6.45, 7) is 3.39. The van der Waals surface area contributed by atoms with Crippen LogP contribution in [0.3, 0.4) is 0 Å². The second kappa shape index (κ2) is 5.54. The summed E-state index contributed by atoms with van der Waals surface area (Å²) in [6.07, 6.45) is -0.0891. The first-order valence-corrected chi connectivity index (χ1v) is 5.41. The van der Waals surface area contributed by atoms with Crippen molar-refractivity contribution in [1.82, 2.24) is 5.32 Å². The Kier molecular flexibility index (Phi) is 4.34. The van der Waals surface area contributed by atoms with Gasteiger partial charge in [0.15, 0.2) is 11.5 Å². The number of benzene rings is 1. The Morgan fingerprint density at radius 3 is 2.59 bits per heavy atom. The third-order valence-corrected chi connectivity index (χ3v) is 2.33. The number of rotatable bonds is 4. The molecule has 0 aliphatic heterocycles. The normalized spacial score (nSPS) is 14.1. The van der Waals surface area contributed by atoms with Gasteiger partial charge in [0.05, 0.1) is 11.7 Å². The maximum atomic E-state index is 11.7. The Hall–Kier alpha value is -1.75. The highest BCUT2D eigenvalue weighted by atomic mass is 16.3. The summed E-state index contributed by atoms with van der Waals surface area (Å²) in [7, 11) is 0. The van der Waals surface area contributed by atoms with Crippen molar-refractivity contribution in [3.05, 3.63) is 23.8 Å². The van der Waals surface area contributed by atoms with Crippen molar-refractivity contribution in [3.63, 3.8) is 0 Å². The summed E-state index contributed by atoms with van der Waals surface area (Å²) in [5, 5.41) is 30.6. The van der Waals surface area contributed by atoms with E-state index in [0.29, 0.717) is 6.42 Å². The van der Waals surface area contributed by atoms with Crippen LogP contribution in [0.1, 0.15) is 30.6 Å². The number of aliphatic hydroxyl groups excluding tert-OH is 1. The van der Waals surface area contributed by atoms with Crippen LogP contribution in [0.2, 0.25) is 0 Å². The molecular weight excluding hydrogens is 222 g/mol. The van der Waals surface area contributed by atoms with Crippen LogP contribution in [0.15, 0.2) is 18.2 Å². The molecule has 1 rings (SSSR count). The van der Waals surface area contributed by atoms with Gasteiger partial charge in [0.1, 0.15) is 0 Å². The molecular formula is C12H17NO4. The topological polar surface area (TPSA) is 89.8 Å². The van der Waals surface area contributed by atoms with Gasteiger partial charge in [-0.15, -0.1) is 0 Å². The van der Waals surface area contributed by atoms with Crippen LogP contribution in [0.25, 0.3) is 0 Å². The van der Waals surface area contributed by atoms with Gasteiger partial charge < -0.3 is 20.6 Å². The van der Waals surface area contributed by atoms with Crippen LogP contribution >= 0.6 is 0 Å². The predicted molar refractivity (Wildman–Crippen MR) is 63.0 cm³/mol. The lowest BCUT2D eigenvalue weighted by Crippen LogP contribution is -2.34. The minimum Gasteiger partial charge on any atom is -0.504 e. The number of nitrogens with one attached hydrogen (secondary N) is 1. The largest absolute Gasteiger partial charge is 0.504 e. The highest BCUT2D eigenvalue weighted by Crippen LogP contribution is 2.28. The first kappa shape index (κ1) is 13.3. The zero-order valence-corrected chi connectivity index (χ0v) is 9.84. The number of phenols is 2. The molecule has 0 aliphatic carbocycles. The Bertz CT molecular complexity index is 403. The molecule has 17 heavy (non-hydrogen) atoms. The maximum absolute atomic E-state index is 11.7. The van der Waals surface area contributed by atoms with Gasteiger partial charge in [0.25, 0.3) is 5.91 Å².